The van der Waals surface area contributed by atoms with E-state index in [-0.39, 0.29) is 24.1 Å². The summed E-state index contributed by atoms with van der Waals surface area (Å²) in [4.78, 5) is 27.0. The van der Waals surface area contributed by atoms with Gasteiger partial charge in [-0.3, -0.25) is 14.3 Å². The Morgan fingerprint density at radius 1 is 1.36 bits per heavy atom. The number of nitrogens with one attached hydrogen (secondary N) is 2. The van der Waals surface area contributed by atoms with Gasteiger partial charge in [0, 0.05) is 29.5 Å². The zero-order chi connectivity index (χ0) is 16.4. The first kappa shape index (κ1) is 16.0. The predicted octanol–water partition coefficient (Wildman–Crippen LogP) is 2.01. The van der Waals surface area contributed by atoms with Crippen LogP contribution in [0, 0.1) is 20.8 Å². The van der Waals surface area contributed by atoms with Gasteiger partial charge in [-0.05, 0) is 46.2 Å². The van der Waals surface area contributed by atoms with Gasteiger partial charge in [-0.15, -0.1) is 0 Å². The van der Waals surface area contributed by atoms with Crippen LogP contribution in [-0.4, -0.2) is 20.7 Å². The molecule has 0 saturated heterocycles. The average Bonchev–Trinajstić information content (AvgIpc) is 2.79. The van der Waals surface area contributed by atoms with Gasteiger partial charge < -0.3 is 10.3 Å². The third-order valence-corrected chi connectivity index (χ3v) is 3.70. The van der Waals surface area contributed by atoms with Crippen molar-refractivity contribution in [1.29, 1.82) is 0 Å². The molecule has 0 aliphatic carbocycles. The van der Waals surface area contributed by atoms with Gasteiger partial charge in [0.25, 0.3) is 11.5 Å². The monoisotopic (exact) mass is 302 g/mol. The molecule has 2 heterocycles. The van der Waals surface area contributed by atoms with Gasteiger partial charge in [-0.1, -0.05) is 0 Å². The quantitative estimate of drug-likeness (QED) is 0.906. The Morgan fingerprint density at radius 2 is 2.05 bits per heavy atom. The van der Waals surface area contributed by atoms with E-state index in [4.69, 9.17) is 0 Å². The lowest BCUT2D eigenvalue weighted by atomic mass is 10.1. The predicted molar refractivity (Wildman–Crippen MR) is 85.1 cm³/mol. The average molecular weight is 302 g/mol. The summed E-state index contributed by atoms with van der Waals surface area (Å²) in [5.74, 6) is -0.219. The minimum absolute atomic E-state index is 0.160. The van der Waals surface area contributed by atoms with Crippen LogP contribution in [0.5, 0.6) is 0 Å². The Labute approximate surface area is 129 Å². The third-order valence-electron chi connectivity index (χ3n) is 3.70. The van der Waals surface area contributed by atoms with Crippen LogP contribution in [0.15, 0.2) is 17.1 Å². The smallest absolute Gasteiger partial charge is 0.255 e. The maximum Gasteiger partial charge on any atom is 0.255 e. The molecule has 1 amide bonds. The van der Waals surface area contributed by atoms with E-state index >= 15 is 0 Å². The van der Waals surface area contributed by atoms with Crippen LogP contribution in [0.1, 0.15) is 52.8 Å². The first-order valence-corrected chi connectivity index (χ1v) is 7.33. The minimum Gasteiger partial charge on any atom is -0.348 e. The normalized spacial score (nSPS) is 11.0. The van der Waals surface area contributed by atoms with Gasteiger partial charge in [0.15, 0.2) is 0 Å². The molecule has 0 aromatic carbocycles. The molecule has 0 aliphatic heterocycles. The van der Waals surface area contributed by atoms with Crippen molar-refractivity contribution in [2.24, 2.45) is 0 Å². The number of hydrogen-bond acceptors (Lipinski definition) is 3. The van der Waals surface area contributed by atoms with Crippen LogP contribution in [0.2, 0.25) is 0 Å². The molecule has 0 fully saturated rings. The van der Waals surface area contributed by atoms with Crippen molar-refractivity contribution >= 4 is 5.91 Å². The van der Waals surface area contributed by atoms with Crippen LogP contribution in [-0.2, 0) is 6.54 Å². The molecule has 0 atom stereocenters. The van der Waals surface area contributed by atoms with Crippen molar-refractivity contribution in [3.8, 4) is 0 Å². The van der Waals surface area contributed by atoms with Gasteiger partial charge in [0.05, 0.1) is 11.8 Å². The lowest BCUT2D eigenvalue weighted by molar-refractivity contribution is 0.0950. The van der Waals surface area contributed by atoms with E-state index in [0.717, 1.165) is 17.0 Å². The van der Waals surface area contributed by atoms with E-state index in [1.165, 1.54) is 0 Å². The highest BCUT2D eigenvalue weighted by Gasteiger charge is 2.16. The highest BCUT2D eigenvalue weighted by atomic mass is 16.2. The van der Waals surface area contributed by atoms with Gasteiger partial charge in [-0.25, -0.2) is 0 Å². The number of pyridine rings is 1. The third kappa shape index (κ3) is 3.10. The van der Waals surface area contributed by atoms with Crippen molar-refractivity contribution in [2.75, 3.05) is 0 Å². The molecule has 2 aromatic heterocycles. The maximum absolute atomic E-state index is 12.3. The van der Waals surface area contributed by atoms with Crippen LogP contribution >= 0.6 is 0 Å². The molecule has 118 valence electrons. The SMILES string of the molecule is Cc1cc(C)c(CNC(=O)c2cnn(C(C)C)c2C)c(=O)[nH]1. The number of amides is 1. The van der Waals surface area contributed by atoms with Crippen molar-refractivity contribution in [3.05, 3.63) is 50.7 Å². The summed E-state index contributed by atoms with van der Waals surface area (Å²) in [5, 5.41) is 7.02. The standard InChI is InChI=1S/C16H22N4O2/c1-9(2)20-12(5)14(8-18-20)15(21)17-7-13-10(3)6-11(4)19-16(13)22/h6,8-9H,7H2,1-5H3,(H,17,21)(H,19,22). The van der Waals surface area contributed by atoms with E-state index in [1.807, 2.05) is 40.7 Å². The van der Waals surface area contributed by atoms with Gasteiger partial charge in [0.1, 0.15) is 0 Å². The van der Waals surface area contributed by atoms with Crippen LogP contribution in [0.4, 0.5) is 0 Å². The van der Waals surface area contributed by atoms with E-state index in [2.05, 4.69) is 15.4 Å². The Hall–Kier alpha value is -2.37. The number of aromatic nitrogens is 3. The van der Waals surface area contributed by atoms with Crippen molar-refractivity contribution in [2.45, 2.75) is 47.2 Å². The molecular weight excluding hydrogens is 280 g/mol. The van der Waals surface area contributed by atoms with E-state index in [0.29, 0.717) is 11.1 Å². The summed E-state index contributed by atoms with van der Waals surface area (Å²) in [6, 6.07) is 2.09. The number of hydrogen-bond donors (Lipinski definition) is 2. The minimum atomic E-state index is -0.219. The van der Waals surface area contributed by atoms with Crippen molar-refractivity contribution in [1.82, 2.24) is 20.1 Å². The number of aromatic amines is 1. The van der Waals surface area contributed by atoms with Gasteiger partial charge >= 0.3 is 0 Å². The van der Waals surface area contributed by atoms with Crippen molar-refractivity contribution in [3.63, 3.8) is 0 Å². The fourth-order valence-electron chi connectivity index (χ4n) is 2.53. The molecule has 22 heavy (non-hydrogen) atoms. The molecule has 0 spiro atoms. The Bertz CT molecular complexity index is 756. The molecule has 0 saturated carbocycles. The Kier molecular flexibility index (Phi) is 4.49. The fourth-order valence-corrected chi connectivity index (χ4v) is 2.53. The molecule has 2 N–H and O–H groups in total. The largest absolute Gasteiger partial charge is 0.348 e. The molecular formula is C16H22N4O2. The second kappa shape index (κ2) is 6.17. The lowest BCUT2D eigenvalue weighted by Gasteiger charge is -2.10. The topological polar surface area (TPSA) is 79.8 Å². The first-order valence-electron chi connectivity index (χ1n) is 7.33. The van der Waals surface area contributed by atoms with E-state index < -0.39 is 0 Å². The summed E-state index contributed by atoms with van der Waals surface area (Å²) in [6.45, 7) is 9.79. The zero-order valence-electron chi connectivity index (χ0n) is 13.7. The van der Waals surface area contributed by atoms with Crippen LogP contribution < -0.4 is 10.9 Å². The van der Waals surface area contributed by atoms with Crippen LogP contribution in [0.25, 0.3) is 0 Å². The summed E-state index contributed by atoms with van der Waals surface area (Å²) >= 11 is 0. The molecule has 0 bridgehead atoms. The number of carbonyl (C=O) groups is 1. The van der Waals surface area contributed by atoms with E-state index in [1.54, 1.807) is 10.9 Å². The number of carbonyl (C=O) groups excluding carboxylic acids is 1. The number of rotatable bonds is 4. The molecule has 2 aromatic rings. The first-order chi connectivity index (χ1) is 10.3. The number of aryl methyl sites for hydroxylation is 2. The molecule has 0 unspecified atom stereocenters. The van der Waals surface area contributed by atoms with E-state index in [9.17, 15) is 9.59 Å². The molecule has 2 rings (SSSR count). The molecule has 6 nitrogen and oxygen atoms in total. The number of nitrogens with zero attached hydrogens (tertiary/aromatic N) is 2. The second-order valence-electron chi connectivity index (χ2n) is 5.81. The molecule has 0 aliphatic rings. The Balaban J connectivity index is 2.16. The van der Waals surface area contributed by atoms with Crippen molar-refractivity contribution < 1.29 is 4.79 Å². The maximum atomic E-state index is 12.3. The summed E-state index contributed by atoms with van der Waals surface area (Å²) in [5.41, 5.74) is 3.46. The lowest BCUT2D eigenvalue weighted by Crippen LogP contribution is -2.28. The highest BCUT2D eigenvalue weighted by molar-refractivity contribution is 5.95. The van der Waals surface area contributed by atoms with Gasteiger partial charge in [0.2, 0.25) is 0 Å². The Morgan fingerprint density at radius 3 is 2.59 bits per heavy atom. The zero-order valence-corrected chi connectivity index (χ0v) is 13.7. The molecule has 0 radical (unpaired) electrons. The fraction of sp³-hybridized carbons (Fsp3) is 0.438. The summed E-state index contributed by atoms with van der Waals surface area (Å²) in [7, 11) is 0. The second-order valence-corrected chi connectivity index (χ2v) is 5.81. The number of H-pyrrole nitrogens is 1. The summed E-state index contributed by atoms with van der Waals surface area (Å²) < 4.78 is 1.80. The highest BCUT2D eigenvalue weighted by Crippen LogP contribution is 2.13. The summed E-state index contributed by atoms with van der Waals surface area (Å²) in [6.07, 6.45) is 1.57. The molecule has 6 heteroatoms. The van der Waals surface area contributed by atoms with Crippen LogP contribution in [0.3, 0.4) is 0 Å². The van der Waals surface area contributed by atoms with Gasteiger partial charge in [-0.2, -0.15) is 5.10 Å².